The van der Waals surface area contributed by atoms with Gasteiger partial charge in [-0.05, 0) is 39.7 Å². The van der Waals surface area contributed by atoms with Gasteiger partial charge in [-0.25, -0.2) is 23.5 Å². The highest BCUT2D eigenvalue weighted by molar-refractivity contribution is 7.82. The molecule has 1 atom stereocenters. The summed E-state index contributed by atoms with van der Waals surface area (Å²) < 4.78 is 61.2. The lowest BCUT2D eigenvalue weighted by Gasteiger charge is -2.31. The summed E-state index contributed by atoms with van der Waals surface area (Å²) in [5.74, 6) is 0.737. The number of anilines is 1. The first-order chi connectivity index (χ1) is 18.0. The van der Waals surface area contributed by atoms with E-state index in [1.54, 1.807) is 13.8 Å². The molecule has 2 aliphatic heterocycles. The van der Waals surface area contributed by atoms with Crippen molar-refractivity contribution >= 4 is 28.3 Å². The van der Waals surface area contributed by atoms with Gasteiger partial charge in [-0.15, -0.1) is 11.3 Å². The maximum Gasteiger partial charge on any atom is 0.420 e. The zero-order valence-electron chi connectivity index (χ0n) is 21.7. The predicted octanol–water partition coefficient (Wildman–Crippen LogP) is 3.19. The first-order valence-electron chi connectivity index (χ1n) is 12.8. The van der Waals surface area contributed by atoms with Crippen molar-refractivity contribution in [2.75, 3.05) is 57.0 Å². The second-order valence-corrected chi connectivity index (χ2v) is 12.9. The van der Waals surface area contributed by atoms with Crippen LogP contribution in [0, 0.1) is 0 Å². The second kappa shape index (κ2) is 12.6. The number of halogens is 3. The molecule has 9 nitrogen and oxygen atoms in total. The number of rotatable bonds is 10. The summed E-state index contributed by atoms with van der Waals surface area (Å²) in [6.07, 6.45) is 0.00489. The van der Waals surface area contributed by atoms with E-state index in [-0.39, 0.29) is 29.0 Å². The fraction of sp³-hybridized carbons (Fsp3) is 0.708. The van der Waals surface area contributed by atoms with E-state index in [1.807, 2.05) is 4.31 Å². The number of aromatic nitrogens is 3. The third-order valence-corrected chi connectivity index (χ3v) is 9.02. The Morgan fingerprint density at radius 3 is 2.53 bits per heavy atom. The smallest absolute Gasteiger partial charge is 0.390 e. The van der Waals surface area contributed by atoms with Crippen LogP contribution in [-0.4, -0.2) is 96.8 Å². The molecular formula is C24H35F3N6O3S2. The van der Waals surface area contributed by atoms with E-state index in [9.17, 15) is 22.5 Å². The summed E-state index contributed by atoms with van der Waals surface area (Å²) in [7, 11) is -1.05. The molecule has 4 rings (SSSR count). The Kier molecular flexibility index (Phi) is 9.74. The molecule has 14 heteroatoms. The van der Waals surface area contributed by atoms with Gasteiger partial charge in [0.15, 0.2) is 0 Å². The van der Waals surface area contributed by atoms with E-state index in [4.69, 9.17) is 4.74 Å². The van der Waals surface area contributed by atoms with Crippen LogP contribution in [-0.2, 0) is 28.3 Å². The molecule has 212 valence electrons. The first kappa shape index (κ1) is 29.3. The largest absolute Gasteiger partial charge is 0.420 e. The lowest BCUT2D eigenvalue weighted by atomic mass is 10.1. The van der Waals surface area contributed by atoms with Crippen LogP contribution >= 0.6 is 11.3 Å². The molecule has 0 aromatic carbocycles. The van der Waals surface area contributed by atoms with Crippen LogP contribution < -0.4 is 5.32 Å². The number of piperidine rings is 1. The lowest BCUT2D eigenvalue weighted by Crippen LogP contribution is -2.41. The molecule has 0 bridgehead atoms. The molecule has 2 fully saturated rings. The topological polar surface area (TPSA) is 104 Å². The molecule has 2 aromatic heterocycles. The van der Waals surface area contributed by atoms with Gasteiger partial charge in [0.05, 0.1) is 45.4 Å². The van der Waals surface area contributed by atoms with Gasteiger partial charge in [0, 0.05) is 56.8 Å². The number of morpholine rings is 1. The van der Waals surface area contributed by atoms with Gasteiger partial charge in [0.1, 0.15) is 5.56 Å². The highest BCUT2D eigenvalue weighted by atomic mass is 32.2. The van der Waals surface area contributed by atoms with Gasteiger partial charge in [-0.1, -0.05) is 0 Å². The van der Waals surface area contributed by atoms with Crippen molar-refractivity contribution in [3.63, 3.8) is 0 Å². The highest BCUT2D eigenvalue weighted by Crippen LogP contribution is 2.38. The Hall–Kier alpha value is -1.71. The Morgan fingerprint density at radius 1 is 1.16 bits per heavy atom. The van der Waals surface area contributed by atoms with Crippen LogP contribution in [0.25, 0.3) is 10.6 Å². The molecule has 38 heavy (non-hydrogen) atoms. The summed E-state index contributed by atoms with van der Waals surface area (Å²) in [5.41, 5.74) is -2.18. The monoisotopic (exact) mass is 576 g/mol. The standard InChI is InChI=1S/C24H35F3N6O3S2/c1-23(2,34)14-20-28-16-19(37-20)21-18(24(25,26)27)15-29-22(31-21)30-17-4-7-33(8-5-17)38(35)13-3-6-32-9-11-36-12-10-32/h15-17,34H,3-14H2,1-2H3,(H,29,30,31). The first-order valence-corrected chi connectivity index (χ1v) is 14.9. The summed E-state index contributed by atoms with van der Waals surface area (Å²) >= 11 is 1.08. The van der Waals surface area contributed by atoms with Crippen molar-refractivity contribution in [1.82, 2.24) is 24.2 Å². The Bertz CT molecular complexity index is 1080. The predicted molar refractivity (Wildman–Crippen MR) is 141 cm³/mol. The molecule has 0 amide bonds. The average Bonchev–Trinajstić information content (AvgIpc) is 3.31. The van der Waals surface area contributed by atoms with Crippen LogP contribution in [0.4, 0.5) is 19.1 Å². The van der Waals surface area contributed by atoms with E-state index in [0.29, 0.717) is 36.7 Å². The molecule has 2 aromatic rings. The number of hydrogen-bond donors (Lipinski definition) is 2. The number of alkyl halides is 3. The van der Waals surface area contributed by atoms with Crippen molar-refractivity contribution in [2.24, 2.45) is 0 Å². The summed E-state index contributed by atoms with van der Waals surface area (Å²) in [6, 6.07) is -0.0339. The number of thiazole rings is 1. The van der Waals surface area contributed by atoms with Gasteiger partial charge in [0.2, 0.25) is 5.95 Å². The fourth-order valence-corrected chi connectivity index (χ4v) is 6.86. The fourth-order valence-electron chi connectivity index (χ4n) is 4.47. The van der Waals surface area contributed by atoms with Crippen molar-refractivity contribution in [3.8, 4) is 10.6 Å². The van der Waals surface area contributed by atoms with Gasteiger partial charge in [0.25, 0.3) is 0 Å². The maximum absolute atomic E-state index is 13.7. The van der Waals surface area contributed by atoms with E-state index < -0.39 is 28.3 Å². The molecule has 4 heterocycles. The minimum Gasteiger partial charge on any atom is -0.390 e. The van der Waals surface area contributed by atoms with Crippen LogP contribution in [0.5, 0.6) is 0 Å². The van der Waals surface area contributed by atoms with Crippen LogP contribution in [0.2, 0.25) is 0 Å². The molecule has 0 saturated carbocycles. The van der Waals surface area contributed by atoms with E-state index in [2.05, 4.69) is 25.2 Å². The second-order valence-electron chi connectivity index (χ2n) is 10.2. The summed E-state index contributed by atoms with van der Waals surface area (Å²) in [5, 5.41) is 13.7. The molecule has 2 aliphatic rings. The summed E-state index contributed by atoms with van der Waals surface area (Å²) in [4.78, 5) is 15.0. The third kappa shape index (κ3) is 8.39. The van der Waals surface area contributed by atoms with Crippen LogP contribution in [0.1, 0.15) is 43.7 Å². The minimum absolute atomic E-state index is 0.0339. The van der Waals surface area contributed by atoms with Crippen LogP contribution in [0.3, 0.4) is 0 Å². The highest BCUT2D eigenvalue weighted by Gasteiger charge is 2.36. The van der Waals surface area contributed by atoms with E-state index >= 15 is 0 Å². The zero-order chi connectivity index (χ0) is 27.3. The van der Waals surface area contributed by atoms with Crippen LogP contribution in [0.15, 0.2) is 12.4 Å². The number of nitrogens with zero attached hydrogens (tertiary/aromatic N) is 5. The van der Waals surface area contributed by atoms with Gasteiger partial charge in [-0.3, -0.25) is 4.90 Å². The molecule has 1 unspecified atom stereocenters. The third-order valence-electron chi connectivity index (χ3n) is 6.44. The Balaban J connectivity index is 1.34. The van der Waals surface area contributed by atoms with E-state index in [1.165, 1.54) is 6.20 Å². The van der Waals surface area contributed by atoms with Crippen molar-refractivity contribution < 1.29 is 27.2 Å². The SMILES string of the molecule is CC(C)(O)Cc1ncc(-c2nc(NC3CCN(S(=O)CCCN4CCOCC4)CC3)ncc2C(F)(F)F)s1. The number of nitrogens with one attached hydrogen (secondary N) is 1. The lowest BCUT2D eigenvalue weighted by molar-refractivity contribution is -0.137. The number of ether oxygens (including phenoxy) is 1. The molecule has 0 spiro atoms. The Labute approximate surface area is 227 Å². The average molecular weight is 577 g/mol. The zero-order valence-corrected chi connectivity index (χ0v) is 23.3. The molecule has 2 N–H and O–H groups in total. The minimum atomic E-state index is -4.62. The van der Waals surface area contributed by atoms with Crippen molar-refractivity contribution in [3.05, 3.63) is 23.0 Å². The van der Waals surface area contributed by atoms with Gasteiger partial charge >= 0.3 is 6.18 Å². The number of aliphatic hydroxyl groups is 1. The molecule has 0 aliphatic carbocycles. The van der Waals surface area contributed by atoms with E-state index in [0.717, 1.165) is 56.8 Å². The van der Waals surface area contributed by atoms with Crippen molar-refractivity contribution in [2.45, 2.75) is 57.3 Å². The van der Waals surface area contributed by atoms with Crippen molar-refractivity contribution in [1.29, 1.82) is 0 Å². The Morgan fingerprint density at radius 2 is 1.87 bits per heavy atom. The number of hydrogen-bond acceptors (Lipinski definition) is 9. The molecule has 2 saturated heterocycles. The van der Waals surface area contributed by atoms with Gasteiger partial charge < -0.3 is 15.2 Å². The van der Waals surface area contributed by atoms with Gasteiger partial charge in [-0.2, -0.15) is 13.2 Å². The normalized spacial score (nSPS) is 19.5. The quantitative estimate of drug-likeness (QED) is 0.445. The maximum atomic E-state index is 13.7. The molecular weight excluding hydrogens is 541 g/mol. The molecule has 0 radical (unpaired) electrons. The summed E-state index contributed by atoms with van der Waals surface area (Å²) in [6.45, 7) is 8.75.